The Morgan fingerprint density at radius 3 is 2.62 bits per heavy atom. The van der Waals surface area contributed by atoms with Gasteiger partial charge in [-0.25, -0.2) is 14.4 Å². The molecule has 1 fully saturated rings. The Hall–Kier alpha value is -5.09. The number of allylic oxidation sites excluding steroid dienone is 4. The van der Waals surface area contributed by atoms with Crippen LogP contribution in [-0.4, -0.2) is 59.8 Å². The van der Waals surface area contributed by atoms with Crippen molar-refractivity contribution < 1.29 is 28.2 Å². The summed E-state index contributed by atoms with van der Waals surface area (Å²) in [4.78, 5) is 36.4. The highest BCUT2D eigenvalue weighted by atomic mass is 19.1. The summed E-state index contributed by atoms with van der Waals surface area (Å²) in [5.41, 5.74) is 2.50. The number of aromatic nitrogens is 2. The standard InChI is InChI=1S/C35H33FN4O5/c1-43-33-19-29-30(20-34(33)44-15-5-14-40-12-2-3-13-40)37-22-38-35(29)39-25-8-11-32(45-21-23-6-4-7-24(36)16-23)28(17-25)27-18-26(41)9-10-31(27)42/h4,6-11,16-20,22H,2-3,5,12-15,21H2,1H3,(H,37,38,39). The van der Waals surface area contributed by atoms with E-state index in [1.807, 2.05) is 12.1 Å². The molecule has 230 valence electrons. The van der Waals surface area contributed by atoms with Crippen molar-refractivity contribution in [1.82, 2.24) is 14.9 Å². The van der Waals surface area contributed by atoms with E-state index in [1.165, 1.54) is 49.5 Å². The minimum atomic E-state index is -0.373. The summed E-state index contributed by atoms with van der Waals surface area (Å²) in [6.07, 6.45) is 8.66. The Morgan fingerprint density at radius 1 is 0.933 bits per heavy atom. The number of likely N-dealkylation sites (tertiary alicyclic amines) is 1. The molecule has 4 aromatic rings. The van der Waals surface area contributed by atoms with Crippen molar-refractivity contribution in [2.24, 2.45) is 0 Å². The van der Waals surface area contributed by atoms with E-state index < -0.39 is 0 Å². The molecule has 2 heterocycles. The molecule has 1 N–H and O–H groups in total. The van der Waals surface area contributed by atoms with Crippen LogP contribution in [0.1, 0.15) is 30.4 Å². The Morgan fingerprint density at radius 2 is 1.80 bits per heavy atom. The second-order valence-electron chi connectivity index (χ2n) is 10.9. The first-order chi connectivity index (χ1) is 22.0. The SMILES string of the molecule is COc1cc2c(Nc3ccc(OCc4cccc(F)c4)c(C4=CC(=O)C=CC4=O)c3)ncnc2cc1OCCCN1CCCC1. The third kappa shape index (κ3) is 7.18. The number of carbonyl (C=O) groups is 2. The van der Waals surface area contributed by atoms with E-state index in [0.29, 0.717) is 57.4 Å². The third-order valence-corrected chi connectivity index (χ3v) is 7.76. The monoisotopic (exact) mass is 608 g/mol. The Bertz CT molecular complexity index is 1800. The average Bonchev–Trinajstić information content (AvgIpc) is 3.57. The van der Waals surface area contributed by atoms with Gasteiger partial charge in [0.05, 0.1) is 19.2 Å². The fourth-order valence-electron chi connectivity index (χ4n) is 5.50. The van der Waals surface area contributed by atoms with Crippen LogP contribution in [0.5, 0.6) is 17.2 Å². The average molecular weight is 609 g/mol. The lowest BCUT2D eigenvalue weighted by Gasteiger charge is -2.17. The zero-order valence-corrected chi connectivity index (χ0v) is 24.9. The fourth-order valence-corrected chi connectivity index (χ4v) is 5.50. The molecule has 3 aromatic carbocycles. The summed E-state index contributed by atoms with van der Waals surface area (Å²) < 4.78 is 31.5. The zero-order valence-electron chi connectivity index (χ0n) is 24.9. The second-order valence-corrected chi connectivity index (χ2v) is 10.9. The molecular formula is C35H33FN4O5. The number of ketones is 2. The van der Waals surface area contributed by atoms with Gasteiger partial charge in [-0.2, -0.15) is 0 Å². The van der Waals surface area contributed by atoms with E-state index in [4.69, 9.17) is 14.2 Å². The number of ether oxygens (including phenoxy) is 3. The Kier molecular flexibility index (Phi) is 9.11. The van der Waals surface area contributed by atoms with Gasteiger partial charge in [-0.05, 0) is 92.5 Å². The number of carbonyl (C=O) groups excluding carboxylic acids is 2. The number of methoxy groups -OCH3 is 1. The first-order valence-corrected chi connectivity index (χ1v) is 14.9. The van der Waals surface area contributed by atoms with Gasteiger partial charge >= 0.3 is 0 Å². The van der Waals surface area contributed by atoms with Crippen LogP contribution in [-0.2, 0) is 16.2 Å². The van der Waals surface area contributed by atoms with Gasteiger partial charge < -0.3 is 24.4 Å². The molecule has 45 heavy (non-hydrogen) atoms. The van der Waals surface area contributed by atoms with E-state index in [1.54, 1.807) is 37.4 Å². The van der Waals surface area contributed by atoms with Crippen molar-refractivity contribution in [3.05, 3.63) is 96.1 Å². The number of nitrogens with zero attached hydrogens (tertiary/aromatic N) is 3. The normalized spacial score (nSPS) is 14.9. The minimum Gasteiger partial charge on any atom is -0.493 e. The van der Waals surface area contributed by atoms with Crippen LogP contribution in [0.3, 0.4) is 0 Å². The van der Waals surface area contributed by atoms with Crippen molar-refractivity contribution in [2.75, 3.05) is 38.7 Å². The predicted octanol–water partition coefficient (Wildman–Crippen LogP) is 6.06. The number of fused-ring (bicyclic) bond motifs is 1. The van der Waals surface area contributed by atoms with Crippen LogP contribution in [0.2, 0.25) is 0 Å². The molecule has 10 heteroatoms. The maximum atomic E-state index is 13.7. The first kappa shape index (κ1) is 30.0. The summed E-state index contributed by atoms with van der Waals surface area (Å²) in [6.45, 7) is 3.96. The van der Waals surface area contributed by atoms with E-state index in [-0.39, 0.29) is 29.6 Å². The van der Waals surface area contributed by atoms with Crippen LogP contribution >= 0.6 is 0 Å². The van der Waals surface area contributed by atoms with Gasteiger partial charge in [-0.15, -0.1) is 0 Å². The van der Waals surface area contributed by atoms with E-state index in [0.717, 1.165) is 26.1 Å². The largest absolute Gasteiger partial charge is 0.493 e. The maximum absolute atomic E-state index is 13.7. The summed E-state index contributed by atoms with van der Waals surface area (Å²) in [5, 5.41) is 4.02. The second kappa shape index (κ2) is 13.7. The molecule has 0 atom stereocenters. The highest BCUT2D eigenvalue weighted by Crippen LogP contribution is 2.37. The lowest BCUT2D eigenvalue weighted by atomic mass is 9.95. The van der Waals surface area contributed by atoms with Gasteiger partial charge in [0.25, 0.3) is 0 Å². The molecular weight excluding hydrogens is 575 g/mol. The number of halogens is 1. The Balaban J connectivity index is 1.26. The highest BCUT2D eigenvalue weighted by Gasteiger charge is 2.21. The number of nitrogens with one attached hydrogen (secondary N) is 1. The fraction of sp³-hybridized carbons (Fsp3) is 0.257. The maximum Gasteiger partial charge on any atom is 0.186 e. The molecule has 6 rings (SSSR count). The molecule has 9 nitrogen and oxygen atoms in total. The van der Waals surface area contributed by atoms with E-state index in [2.05, 4.69) is 20.2 Å². The molecule has 0 amide bonds. The van der Waals surface area contributed by atoms with Crippen LogP contribution < -0.4 is 19.5 Å². The topological polar surface area (TPSA) is 103 Å². The molecule has 1 saturated heterocycles. The van der Waals surface area contributed by atoms with Crippen molar-refractivity contribution in [3.63, 3.8) is 0 Å². The molecule has 2 aliphatic rings. The molecule has 0 radical (unpaired) electrons. The van der Waals surface area contributed by atoms with E-state index >= 15 is 0 Å². The number of benzene rings is 3. The third-order valence-electron chi connectivity index (χ3n) is 7.76. The van der Waals surface area contributed by atoms with Crippen LogP contribution in [0, 0.1) is 5.82 Å². The van der Waals surface area contributed by atoms with Gasteiger partial charge in [0.15, 0.2) is 23.1 Å². The molecule has 0 saturated carbocycles. The van der Waals surface area contributed by atoms with Gasteiger partial charge in [0.2, 0.25) is 0 Å². The lowest BCUT2D eigenvalue weighted by molar-refractivity contribution is -0.113. The van der Waals surface area contributed by atoms with Crippen LogP contribution in [0.25, 0.3) is 16.5 Å². The molecule has 0 bridgehead atoms. The number of anilines is 2. The van der Waals surface area contributed by atoms with Crippen molar-refractivity contribution >= 4 is 39.5 Å². The molecule has 0 spiro atoms. The van der Waals surface area contributed by atoms with Crippen LogP contribution in [0.4, 0.5) is 15.9 Å². The lowest BCUT2D eigenvalue weighted by Crippen LogP contribution is -2.21. The molecule has 1 aliphatic heterocycles. The van der Waals surface area contributed by atoms with Gasteiger partial charge in [0.1, 0.15) is 30.3 Å². The zero-order chi connectivity index (χ0) is 31.2. The summed E-state index contributed by atoms with van der Waals surface area (Å²) in [7, 11) is 1.59. The smallest absolute Gasteiger partial charge is 0.186 e. The van der Waals surface area contributed by atoms with Crippen LogP contribution in [0.15, 0.2) is 79.2 Å². The first-order valence-electron chi connectivity index (χ1n) is 14.9. The molecule has 1 aliphatic carbocycles. The number of rotatable bonds is 12. The van der Waals surface area contributed by atoms with Gasteiger partial charge in [0, 0.05) is 34.8 Å². The minimum absolute atomic E-state index is 0.0712. The molecule has 1 aromatic heterocycles. The summed E-state index contributed by atoms with van der Waals surface area (Å²) >= 11 is 0. The Labute approximate surface area is 260 Å². The van der Waals surface area contributed by atoms with Crippen molar-refractivity contribution in [1.29, 1.82) is 0 Å². The van der Waals surface area contributed by atoms with Gasteiger partial charge in [-0.3, -0.25) is 9.59 Å². The van der Waals surface area contributed by atoms with Gasteiger partial charge in [-0.1, -0.05) is 12.1 Å². The number of hydrogen-bond donors (Lipinski definition) is 1. The quantitative estimate of drug-likeness (QED) is 0.152. The molecule has 0 unspecified atom stereocenters. The summed E-state index contributed by atoms with van der Waals surface area (Å²) in [6, 6.07) is 15.0. The highest BCUT2D eigenvalue weighted by molar-refractivity contribution is 6.34. The summed E-state index contributed by atoms with van der Waals surface area (Å²) in [5.74, 6) is 1.05. The van der Waals surface area contributed by atoms with E-state index in [9.17, 15) is 14.0 Å². The number of hydrogen-bond acceptors (Lipinski definition) is 9. The van der Waals surface area contributed by atoms with Crippen molar-refractivity contribution in [2.45, 2.75) is 25.9 Å². The predicted molar refractivity (Wildman–Crippen MR) is 169 cm³/mol. The van der Waals surface area contributed by atoms with Crippen molar-refractivity contribution in [3.8, 4) is 17.2 Å².